The molecule has 0 atom stereocenters. The zero-order valence-corrected chi connectivity index (χ0v) is 9.90. The molecule has 0 fully saturated rings. The van der Waals surface area contributed by atoms with E-state index in [1.165, 1.54) is 0 Å². The summed E-state index contributed by atoms with van der Waals surface area (Å²) in [7, 11) is 0. The second-order valence-corrected chi connectivity index (χ2v) is 5.25. The van der Waals surface area contributed by atoms with E-state index in [-0.39, 0.29) is 17.1 Å². The number of amides is 2. The van der Waals surface area contributed by atoms with Gasteiger partial charge in [0.25, 0.3) is 0 Å². The minimum absolute atomic E-state index is 0.143. The van der Waals surface area contributed by atoms with Gasteiger partial charge in [0, 0.05) is 11.1 Å². The van der Waals surface area contributed by atoms with Crippen molar-refractivity contribution in [3.63, 3.8) is 0 Å². The summed E-state index contributed by atoms with van der Waals surface area (Å²) in [6, 6.07) is -0.143. The normalized spacial score (nSPS) is 12.4. The van der Waals surface area contributed by atoms with E-state index in [4.69, 9.17) is 5.73 Å². The third-order valence-corrected chi connectivity index (χ3v) is 1.71. The fraction of sp³-hybridized carbons (Fsp3) is 0.900. The topological polar surface area (TPSA) is 67.2 Å². The first kappa shape index (κ1) is 13.2. The third-order valence-electron chi connectivity index (χ3n) is 1.71. The van der Waals surface area contributed by atoms with Crippen LogP contribution < -0.4 is 16.4 Å². The molecule has 0 radical (unpaired) electrons. The molecule has 0 aliphatic heterocycles. The molecule has 4 nitrogen and oxygen atoms in total. The van der Waals surface area contributed by atoms with Crippen LogP contribution in [0.1, 0.15) is 41.0 Å². The molecule has 4 heteroatoms. The van der Waals surface area contributed by atoms with Gasteiger partial charge in [0.15, 0.2) is 0 Å². The van der Waals surface area contributed by atoms with Gasteiger partial charge in [-0.1, -0.05) is 0 Å². The van der Waals surface area contributed by atoms with Crippen molar-refractivity contribution in [1.29, 1.82) is 0 Å². The molecule has 2 amide bonds. The molecule has 0 saturated carbocycles. The molecule has 84 valence electrons. The first-order valence-corrected chi connectivity index (χ1v) is 4.97. The van der Waals surface area contributed by atoms with E-state index in [2.05, 4.69) is 10.6 Å². The third kappa shape index (κ3) is 6.71. The lowest BCUT2D eigenvalue weighted by Crippen LogP contribution is -2.53. The molecule has 0 saturated heterocycles. The van der Waals surface area contributed by atoms with Crippen LogP contribution in [0, 0.1) is 0 Å². The Morgan fingerprint density at radius 3 is 2.00 bits per heavy atom. The summed E-state index contributed by atoms with van der Waals surface area (Å²) in [6.07, 6.45) is 0.768. The van der Waals surface area contributed by atoms with Crippen LogP contribution in [0.25, 0.3) is 0 Å². The smallest absolute Gasteiger partial charge is 0.315 e. The maximum absolute atomic E-state index is 11.5. The number of urea groups is 1. The second kappa shape index (κ2) is 4.64. The fourth-order valence-electron chi connectivity index (χ4n) is 1.10. The number of hydrogen-bond acceptors (Lipinski definition) is 2. The van der Waals surface area contributed by atoms with Gasteiger partial charge < -0.3 is 16.4 Å². The molecule has 0 rings (SSSR count). The summed E-state index contributed by atoms with van der Waals surface area (Å²) in [5, 5.41) is 5.73. The van der Waals surface area contributed by atoms with Gasteiger partial charge >= 0.3 is 6.03 Å². The van der Waals surface area contributed by atoms with Crippen LogP contribution in [-0.4, -0.2) is 23.7 Å². The van der Waals surface area contributed by atoms with E-state index in [0.29, 0.717) is 6.54 Å². The summed E-state index contributed by atoms with van der Waals surface area (Å²) in [4.78, 5) is 11.5. The lowest BCUT2D eigenvalue weighted by atomic mass is 10.0. The van der Waals surface area contributed by atoms with E-state index in [9.17, 15) is 4.79 Å². The van der Waals surface area contributed by atoms with E-state index < -0.39 is 0 Å². The highest BCUT2D eigenvalue weighted by atomic mass is 16.2. The lowest BCUT2D eigenvalue weighted by Gasteiger charge is -2.29. The average molecular weight is 201 g/mol. The summed E-state index contributed by atoms with van der Waals surface area (Å²) in [6.45, 7) is 10.3. The van der Waals surface area contributed by atoms with Crippen molar-refractivity contribution in [2.75, 3.05) is 6.54 Å². The van der Waals surface area contributed by atoms with Crippen LogP contribution in [0.3, 0.4) is 0 Å². The van der Waals surface area contributed by atoms with Crippen molar-refractivity contribution in [1.82, 2.24) is 10.6 Å². The van der Waals surface area contributed by atoms with E-state index in [0.717, 1.165) is 6.42 Å². The Morgan fingerprint density at radius 1 is 1.14 bits per heavy atom. The predicted molar refractivity (Wildman–Crippen MR) is 59.2 cm³/mol. The van der Waals surface area contributed by atoms with Crippen molar-refractivity contribution in [2.24, 2.45) is 5.73 Å². The van der Waals surface area contributed by atoms with Crippen molar-refractivity contribution < 1.29 is 4.79 Å². The molecule has 0 heterocycles. The lowest BCUT2D eigenvalue weighted by molar-refractivity contribution is 0.219. The van der Waals surface area contributed by atoms with Crippen LogP contribution in [0.2, 0.25) is 0 Å². The molecule has 0 aromatic heterocycles. The van der Waals surface area contributed by atoms with Crippen LogP contribution in [0.15, 0.2) is 0 Å². The second-order valence-electron chi connectivity index (χ2n) is 5.25. The molecule has 14 heavy (non-hydrogen) atoms. The monoisotopic (exact) mass is 201 g/mol. The highest BCUT2D eigenvalue weighted by molar-refractivity contribution is 5.75. The average Bonchev–Trinajstić information content (AvgIpc) is 1.78. The Hall–Kier alpha value is -0.770. The molecule has 0 spiro atoms. The molecule has 0 aliphatic rings. The van der Waals surface area contributed by atoms with Crippen molar-refractivity contribution in [3.8, 4) is 0 Å². The minimum atomic E-state index is -0.246. The Bertz CT molecular complexity index is 194. The number of carbonyl (C=O) groups excluding carboxylic acids is 1. The molecular weight excluding hydrogens is 178 g/mol. The van der Waals surface area contributed by atoms with Crippen LogP contribution >= 0.6 is 0 Å². The van der Waals surface area contributed by atoms with Gasteiger partial charge in [0.2, 0.25) is 0 Å². The van der Waals surface area contributed by atoms with E-state index >= 15 is 0 Å². The highest BCUT2D eigenvalue weighted by Gasteiger charge is 2.21. The number of hydrogen-bond donors (Lipinski definition) is 3. The molecule has 4 N–H and O–H groups in total. The maximum Gasteiger partial charge on any atom is 0.315 e. The number of nitrogens with two attached hydrogens (primary N) is 1. The van der Waals surface area contributed by atoms with E-state index in [1.807, 2.05) is 34.6 Å². The van der Waals surface area contributed by atoms with E-state index in [1.54, 1.807) is 0 Å². The van der Waals surface area contributed by atoms with Gasteiger partial charge in [0.1, 0.15) is 0 Å². The first-order valence-electron chi connectivity index (χ1n) is 4.97. The highest BCUT2D eigenvalue weighted by Crippen LogP contribution is 2.07. The van der Waals surface area contributed by atoms with Crippen molar-refractivity contribution in [3.05, 3.63) is 0 Å². The van der Waals surface area contributed by atoms with Gasteiger partial charge in [-0.3, -0.25) is 0 Å². The van der Waals surface area contributed by atoms with Gasteiger partial charge in [0.05, 0.1) is 0 Å². The molecule has 0 aromatic rings. The molecule has 0 bridgehead atoms. The molecular formula is C10H23N3O. The SMILES string of the molecule is CC(C)(C)NC(=O)NC(C)(C)CCN. The first-order chi connectivity index (χ1) is 6.16. The molecule has 0 unspecified atom stereocenters. The minimum Gasteiger partial charge on any atom is -0.334 e. The Morgan fingerprint density at radius 2 is 1.64 bits per heavy atom. The Kier molecular flexibility index (Phi) is 4.39. The Balaban J connectivity index is 4.06. The maximum atomic E-state index is 11.5. The zero-order chi connectivity index (χ0) is 11.4. The zero-order valence-electron chi connectivity index (χ0n) is 9.90. The summed E-state index contributed by atoms with van der Waals surface area (Å²) in [5.41, 5.74) is 4.99. The van der Waals surface area contributed by atoms with Gasteiger partial charge in [-0.15, -0.1) is 0 Å². The standard InChI is InChI=1S/C10H23N3O/c1-9(2,3)12-8(14)13-10(4,5)6-7-11/h6-7,11H2,1-5H3,(H2,12,13,14). The quantitative estimate of drug-likeness (QED) is 0.642. The van der Waals surface area contributed by atoms with Crippen molar-refractivity contribution in [2.45, 2.75) is 52.1 Å². The van der Waals surface area contributed by atoms with Gasteiger partial charge in [-0.05, 0) is 47.6 Å². The van der Waals surface area contributed by atoms with Crippen molar-refractivity contribution >= 4 is 6.03 Å². The van der Waals surface area contributed by atoms with Crippen LogP contribution in [0.4, 0.5) is 4.79 Å². The largest absolute Gasteiger partial charge is 0.334 e. The number of carbonyl (C=O) groups is 1. The summed E-state index contributed by atoms with van der Waals surface area (Å²) >= 11 is 0. The Labute approximate surface area is 86.6 Å². The summed E-state index contributed by atoms with van der Waals surface area (Å²) in [5.74, 6) is 0. The molecule has 0 aliphatic carbocycles. The van der Waals surface area contributed by atoms with Crippen LogP contribution in [-0.2, 0) is 0 Å². The fourth-order valence-corrected chi connectivity index (χ4v) is 1.10. The van der Waals surface area contributed by atoms with Gasteiger partial charge in [-0.2, -0.15) is 0 Å². The van der Waals surface area contributed by atoms with Crippen LogP contribution in [0.5, 0.6) is 0 Å². The predicted octanol–water partition coefficient (Wildman–Crippen LogP) is 1.21. The number of rotatable bonds is 3. The molecule has 0 aromatic carbocycles. The number of nitrogens with one attached hydrogen (secondary N) is 2. The van der Waals surface area contributed by atoms with Gasteiger partial charge in [-0.25, -0.2) is 4.79 Å². The summed E-state index contributed by atoms with van der Waals surface area (Å²) < 4.78 is 0.